The second kappa shape index (κ2) is 9.02. The van der Waals surface area contributed by atoms with Gasteiger partial charge in [0.2, 0.25) is 5.91 Å². The minimum Gasteiger partial charge on any atom is -0.361 e. The van der Waals surface area contributed by atoms with Crippen molar-refractivity contribution in [3.05, 3.63) is 54.4 Å². The third kappa shape index (κ3) is 5.54. The average Bonchev–Trinajstić information content (AvgIpc) is 3.57. The molecule has 2 aliphatic rings. The highest BCUT2D eigenvalue weighted by Crippen LogP contribution is 2.30. The number of amides is 2. The molecule has 1 aromatic carbocycles. The van der Waals surface area contributed by atoms with Crippen molar-refractivity contribution in [1.82, 2.24) is 15.2 Å². The van der Waals surface area contributed by atoms with Gasteiger partial charge in [-0.15, -0.1) is 0 Å². The maximum absolute atomic E-state index is 13.4. The Labute approximate surface area is 190 Å². The molecule has 1 atom stereocenters. The molecule has 1 aromatic heterocycles. The van der Waals surface area contributed by atoms with E-state index in [0.29, 0.717) is 26.0 Å². The first-order valence-corrected chi connectivity index (χ1v) is 11.5. The van der Waals surface area contributed by atoms with Crippen LogP contribution in [0.15, 0.2) is 48.8 Å². The van der Waals surface area contributed by atoms with Gasteiger partial charge in [-0.1, -0.05) is 51.1 Å². The lowest BCUT2D eigenvalue weighted by molar-refractivity contribution is -0.166. The van der Waals surface area contributed by atoms with Gasteiger partial charge in [-0.25, -0.2) is 0 Å². The van der Waals surface area contributed by atoms with Gasteiger partial charge < -0.3 is 15.0 Å². The molecular formula is C26H33N3O3. The normalized spacial score (nSPS) is 21.3. The van der Waals surface area contributed by atoms with Crippen LogP contribution >= 0.6 is 0 Å². The fourth-order valence-electron chi connectivity index (χ4n) is 4.16. The largest absolute Gasteiger partial charge is 0.361 e. The number of hydrogen-bond donors (Lipinski definition) is 1. The van der Waals surface area contributed by atoms with Crippen molar-refractivity contribution in [2.75, 3.05) is 19.7 Å². The zero-order valence-electron chi connectivity index (χ0n) is 19.3. The number of pyridine rings is 1. The number of rotatable bonds is 6. The number of nitrogens with zero attached hydrogens (tertiary/aromatic N) is 2. The summed E-state index contributed by atoms with van der Waals surface area (Å²) >= 11 is 0. The molecule has 2 heterocycles. The lowest BCUT2D eigenvalue weighted by Gasteiger charge is -2.42. The number of morpholine rings is 1. The van der Waals surface area contributed by atoms with Crippen LogP contribution in [0.25, 0.3) is 11.1 Å². The van der Waals surface area contributed by atoms with Gasteiger partial charge >= 0.3 is 0 Å². The van der Waals surface area contributed by atoms with Crippen molar-refractivity contribution < 1.29 is 14.3 Å². The van der Waals surface area contributed by atoms with Crippen LogP contribution in [0.2, 0.25) is 0 Å². The summed E-state index contributed by atoms with van der Waals surface area (Å²) < 4.78 is 6.20. The molecule has 2 amide bonds. The number of nitrogens with one attached hydrogen (secondary N) is 1. The molecule has 2 fully saturated rings. The third-order valence-electron chi connectivity index (χ3n) is 5.96. The van der Waals surface area contributed by atoms with E-state index in [4.69, 9.17) is 4.74 Å². The maximum atomic E-state index is 13.4. The number of benzene rings is 1. The summed E-state index contributed by atoms with van der Waals surface area (Å²) in [6, 6.07) is 12.3. The van der Waals surface area contributed by atoms with Crippen LogP contribution in [0, 0.1) is 5.41 Å². The number of carbonyl (C=O) groups is 2. The van der Waals surface area contributed by atoms with Crippen molar-refractivity contribution in [3.63, 3.8) is 0 Å². The highest BCUT2D eigenvalue weighted by atomic mass is 16.5. The molecule has 1 N–H and O–H groups in total. The molecule has 32 heavy (non-hydrogen) atoms. The van der Waals surface area contributed by atoms with Gasteiger partial charge in [0.25, 0.3) is 5.91 Å². The Kier molecular flexibility index (Phi) is 6.33. The molecule has 0 unspecified atom stereocenters. The van der Waals surface area contributed by atoms with Crippen molar-refractivity contribution in [1.29, 1.82) is 0 Å². The Balaban J connectivity index is 1.59. The lowest BCUT2D eigenvalue weighted by Crippen LogP contribution is -2.62. The van der Waals surface area contributed by atoms with E-state index in [9.17, 15) is 9.59 Å². The van der Waals surface area contributed by atoms with Gasteiger partial charge in [0.15, 0.2) is 5.60 Å². The van der Waals surface area contributed by atoms with E-state index in [1.165, 1.54) is 0 Å². The molecule has 1 saturated heterocycles. The van der Waals surface area contributed by atoms with Gasteiger partial charge in [-0.2, -0.15) is 0 Å². The van der Waals surface area contributed by atoms with Crippen LogP contribution in [-0.4, -0.2) is 53.0 Å². The van der Waals surface area contributed by atoms with Crippen LogP contribution in [0.1, 0.15) is 45.6 Å². The standard InChI is InChI=1S/C26H33N3O3/c1-25(2,3)16-23(30)29-12-13-32-26(18-29,24(31)28-22-9-10-22)15-19-6-4-7-20(14-19)21-8-5-11-27-17-21/h4-8,11,14,17,22H,9-10,12-13,15-16,18H2,1-3H3,(H,28,31)/t26-/m1/s1. The fourth-order valence-corrected chi connectivity index (χ4v) is 4.16. The Morgan fingerprint density at radius 3 is 2.66 bits per heavy atom. The summed E-state index contributed by atoms with van der Waals surface area (Å²) in [7, 11) is 0. The molecule has 1 saturated carbocycles. The molecule has 0 spiro atoms. The molecule has 6 nitrogen and oxygen atoms in total. The van der Waals surface area contributed by atoms with E-state index in [-0.39, 0.29) is 29.8 Å². The second-order valence-corrected chi connectivity index (χ2v) is 10.3. The first kappa shape index (κ1) is 22.5. The van der Waals surface area contributed by atoms with Crippen molar-refractivity contribution in [2.45, 2.75) is 58.1 Å². The average molecular weight is 436 g/mol. The van der Waals surface area contributed by atoms with Crippen LogP contribution in [0.5, 0.6) is 0 Å². The van der Waals surface area contributed by atoms with E-state index in [2.05, 4.69) is 37.1 Å². The van der Waals surface area contributed by atoms with Crippen LogP contribution in [-0.2, 0) is 20.7 Å². The molecule has 1 aliphatic carbocycles. The van der Waals surface area contributed by atoms with Gasteiger partial charge in [0.05, 0.1) is 13.2 Å². The topological polar surface area (TPSA) is 71.5 Å². The first-order chi connectivity index (χ1) is 15.2. The van der Waals surface area contributed by atoms with E-state index in [1.807, 2.05) is 41.4 Å². The zero-order chi connectivity index (χ0) is 22.8. The Morgan fingerprint density at radius 2 is 1.97 bits per heavy atom. The lowest BCUT2D eigenvalue weighted by atomic mass is 9.88. The summed E-state index contributed by atoms with van der Waals surface area (Å²) in [5, 5.41) is 3.13. The summed E-state index contributed by atoms with van der Waals surface area (Å²) in [5.41, 5.74) is 1.89. The van der Waals surface area contributed by atoms with E-state index in [0.717, 1.165) is 29.5 Å². The van der Waals surface area contributed by atoms with Gasteiger partial charge in [-0.3, -0.25) is 14.6 Å². The third-order valence-corrected chi connectivity index (χ3v) is 5.96. The van der Waals surface area contributed by atoms with Crippen LogP contribution in [0.3, 0.4) is 0 Å². The van der Waals surface area contributed by atoms with Crippen molar-refractivity contribution in [2.24, 2.45) is 5.41 Å². The van der Waals surface area contributed by atoms with E-state index >= 15 is 0 Å². The number of carbonyl (C=O) groups excluding carboxylic acids is 2. The maximum Gasteiger partial charge on any atom is 0.254 e. The van der Waals surface area contributed by atoms with E-state index in [1.54, 1.807) is 6.20 Å². The first-order valence-electron chi connectivity index (χ1n) is 11.5. The number of aromatic nitrogens is 1. The Bertz CT molecular complexity index is 966. The van der Waals surface area contributed by atoms with Gasteiger partial charge in [-0.05, 0) is 41.0 Å². The summed E-state index contributed by atoms with van der Waals surface area (Å²) in [5.74, 6) is -0.0338. The van der Waals surface area contributed by atoms with E-state index < -0.39 is 5.60 Å². The molecule has 170 valence electrons. The Hall–Kier alpha value is -2.73. The molecule has 1 aliphatic heterocycles. The highest BCUT2D eigenvalue weighted by molar-refractivity contribution is 5.88. The number of hydrogen-bond acceptors (Lipinski definition) is 4. The molecule has 2 aromatic rings. The molecule has 0 radical (unpaired) electrons. The van der Waals surface area contributed by atoms with Crippen molar-refractivity contribution >= 4 is 11.8 Å². The van der Waals surface area contributed by atoms with Crippen LogP contribution in [0.4, 0.5) is 0 Å². The molecule has 6 heteroatoms. The second-order valence-electron chi connectivity index (χ2n) is 10.3. The predicted octanol–water partition coefficient (Wildman–Crippen LogP) is 3.60. The molecule has 4 rings (SSSR count). The minimum atomic E-state index is -1.08. The monoisotopic (exact) mass is 435 g/mol. The molecule has 0 bridgehead atoms. The summed E-state index contributed by atoms with van der Waals surface area (Å²) in [6.07, 6.45) is 6.46. The summed E-state index contributed by atoms with van der Waals surface area (Å²) in [6.45, 7) is 7.32. The minimum absolute atomic E-state index is 0.0773. The molecular weight excluding hydrogens is 402 g/mol. The predicted molar refractivity (Wildman–Crippen MR) is 124 cm³/mol. The Morgan fingerprint density at radius 1 is 1.19 bits per heavy atom. The van der Waals surface area contributed by atoms with Crippen molar-refractivity contribution in [3.8, 4) is 11.1 Å². The zero-order valence-corrected chi connectivity index (χ0v) is 19.3. The fraction of sp³-hybridized carbons (Fsp3) is 0.500. The van der Waals surface area contributed by atoms with Gasteiger partial charge in [0.1, 0.15) is 0 Å². The summed E-state index contributed by atoms with van der Waals surface area (Å²) in [4.78, 5) is 32.4. The number of ether oxygens (including phenoxy) is 1. The quantitative estimate of drug-likeness (QED) is 0.753. The highest BCUT2D eigenvalue weighted by Gasteiger charge is 2.46. The SMILES string of the molecule is CC(C)(C)CC(=O)N1CCO[C@@](Cc2cccc(-c3cccnc3)c2)(C(=O)NC2CC2)C1. The smallest absolute Gasteiger partial charge is 0.254 e. The van der Waals surface area contributed by atoms with Gasteiger partial charge in [0, 0.05) is 37.8 Å². The van der Waals surface area contributed by atoms with Crippen LogP contribution < -0.4 is 5.32 Å².